The van der Waals surface area contributed by atoms with Gasteiger partial charge in [0.2, 0.25) is 11.8 Å². The fraction of sp³-hybridized carbons (Fsp3) is 0.393. The fourth-order valence-electron chi connectivity index (χ4n) is 5.45. The molecule has 1 aromatic carbocycles. The van der Waals surface area contributed by atoms with Crippen molar-refractivity contribution < 1.29 is 29.9 Å². The molecule has 0 radical (unpaired) electrons. The predicted molar refractivity (Wildman–Crippen MR) is 143 cm³/mol. The summed E-state index contributed by atoms with van der Waals surface area (Å²) in [6, 6.07) is 6.71. The van der Waals surface area contributed by atoms with Crippen molar-refractivity contribution in [1.82, 2.24) is 9.80 Å². The largest absolute Gasteiger partial charge is 0.404 e. The lowest BCUT2D eigenvalue weighted by atomic mass is 9.77. The molecule has 0 bridgehead atoms. The number of hydrogen-bond donors (Lipinski definition) is 4. The van der Waals surface area contributed by atoms with Gasteiger partial charge in [-0.25, -0.2) is 5.41 Å². The number of hydrogen-bond acceptors (Lipinski definition) is 6. The number of allylic oxidation sites excluding steroid dienone is 1. The molecule has 2 fully saturated rings. The third kappa shape index (κ3) is 5.17. The Kier molecular flexibility index (Phi) is 7.91. The zero-order valence-electron chi connectivity index (χ0n) is 21.9. The zero-order chi connectivity index (χ0) is 27.4. The minimum Gasteiger partial charge on any atom is -0.404 e. The topological polar surface area (TPSA) is 160 Å². The maximum atomic E-state index is 13.6. The summed E-state index contributed by atoms with van der Waals surface area (Å²) in [5.74, 6) is 0.00486. The number of ether oxygens (including phenoxy) is 2. The SMILES string of the molecule is COC1C=C(N2CCC3(CCN(C(=O)c4ccc(C(=N)OC(C)=[NH2+])cc4)CC3)C2=O)C=CC1/C(C=[NH2+])=C/N. The molecule has 2 amide bonds. The molecule has 1 spiro atoms. The Labute approximate surface area is 222 Å². The van der Waals surface area contributed by atoms with Crippen LogP contribution in [0.25, 0.3) is 0 Å². The van der Waals surface area contributed by atoms with Crippen LogP contribution in [0.2, 0.25) is 0 Å². The van der Waals surface area contributed by atoms with Gasteiger partial charge in [0.25, 0.3) is 5.91 Å². The zero-order valence-corrected chi connectivity index (χ0v) is 21.9. The summed E-state index contributed by atoms with van der Waals surface area (Å²) in [6.45, 7) is 3.21. The molecule has 7 N–H and O–H groups in total. The lowest BCUT2D eigenvalue weighted by Gasteiger charge is -2.38. The number of carbonyl (C=O) groups is 2. The number of nitrogens with one attached hydrogen (secondary N) is 1. The second kappa shape index (κ2) is 11.1. The first-order valence-electron chi connectivity index (χ1n) is 12.7. The van der Waals surface area contributed by atoms with E-state index in [9.17, 15) is 9.59 Å². The van der Waals surface area contributed by atoms with Crippen LogP contribution in [0, 0.1) is 16.7 Å². The Morgan fingerprint density at radius 3 is 2.37 bits per heavy atom. The van der Waals surface area contributed by atoms with Gasteiger partial charge in [-0.15, -0.1) is 0 Å². The molecule has 1 aliphatic carbocycles. The van der Waals surface area contributed by atoms with E-state index in [4.69, 9.17) is 31.4 Å². The van der Waals surface area contributed by atoms with Crippen LogP contribution in [0.4, 0.5) is 0 Å². The summed E-state index contributed by atoms with van der Waals surface area (Å²) in [7, 11) is 1.63. The summed E-state index contributed by atoms with van der Waals surface area (Å²) in [5, 5.41) is 19.1. The molecule has 200 valence electrons. The Hall–Kier alpha value is -4.05. The molecule has 0 aromatic heterocycles. The van der Waals surface area contributed by atoms with Crippen molar-refractivity contribution in [3.63, 3.8) is 0 Å². The van der Waals surface area contributed by atoms with Gasteiger partial charge in [-0.2, -0.15) is 0 Å². The van der Waals surface area contributed by atoms with Gasteiger partial charge in [0, 0.05) is 61.3 Å². The standard InChI is InChI=1S/C28H34N6O4/c1-18(31)38-25(32)19-3-5-20(6-4-19)26(35)33-12-9-28(10-13-33)11-14-34(27(28)36)22-7-8-23(21(16-29)17-30)24(15-22)37-2/h3-8,15-17,23-24,29,31-32H,9-14,30H2,1-2H3/p+2/b21-17+,29-16?,31-18?,32-25?. The number of rotatable bonds is 6. The van der Waals surface area contributed by atoms with Gasteiger partial charge in [-0.3, -0.25) is 20.4 Å². The van der Waals surface area contributed by atoms with E-state index in [1.165, 1.54) is 12.4 Å². The molecular formula is C28H36N6O4+2. The van der Waals surface area contributed by atoms with E-state index in [-0.39, 0.29) is 35.6 Å². The number of nitrogens with zero attached hydrogens (tertiary/aromatic N) is 2. The van der Waals surface area contributed by atoms with E-state index in [1.54, 1.807) is 43.2 Å². The van der Waals surface area contributed by atoms with E-state index in [0.717, 1.165) is 17.7 Å². The summed E-state index contributed by atoms with van der Waals surface area (Å²) in [4.78, 5) is 30.4. The molecular weight excluding hydrogens is 484 g/mol. The molecule has 2 aliphatic heterocycles. The van der Waals surface area contributed by atoms with Crippen LogP contribution >= 0.6 is 0 Å². The summed E-state index contributed by atoms with van der Waals surface area (Å²) in [6.07, 6.45) is 10.5. The van der Waals surface area contributed by atoms with E-state index in [2.05, 4.69) is 0 Å². The average Bonchev–Trinajstić information content (AvgIpc) is 3.24. The Balaban J connectivity index is 1.39. The molecule has 1 aromatic rings. The predicted octanol–water partition coefficient (Wildman–Crippen LogP) is -0.582. The lowest BCUT2D eigenvalue weighted by molar-refractivity contribution is -0.136. The number of piperidine rings is 1. The normalized spacial score (nSPS) is 22.8. The van der Waals surface area contributed by atoms with Crippen molar-refractivity contribution in [3.8, 4) is 0 Å². The number of methoxy groups -OCH3 is 1. The number of nitrogens with two attached hydrogens (primary N) is 3. The molecule has 4 rings (SSSR count). The minimum absolute atomic E-state index is 0.0718. The highest BCUT2D eigenvalue weighted by Gasteiger charge is 2.49. The van der Waals surface area contributed by atoms with Crippen LogP contribution < -0.4 is 16.6 Å². The van der Waals surface area contributed by atoms with E-state index in [1.807, 2.05) is 23.1 Å². The maximum Gasteiger partial charge on any atom is 0.336 e. The molecule has 10 heteroatoms. The van der Waals surface area contributed by atoms with Crippen LogP contribution in [0.5, 0.6) is 0 Å². The monoisotopic (exact) mass is 520 g/mol. The smallest absolute Gasteiger partial charge is 0.336 e. The van der Waals surface area contributed by atoms with Gasteiger partial charge in [0.05, 0.1) is 18.4 Å². The van der Waals surface area contributed by atoms with Gasteiger partial charge >= 0.3 is 5.90 Å². The summed E-state index contributed by atoms with van der Waals surface area (Å²) in [5.41, 5.74) is 7.89. The first-order valence-corrected chi connectivity index (χ1v) is 12.7. The van der Waals surface area contributed by atoms with E-state index in [0.29, 0.717) is 43.6 Å². The Morgan fingerprint density at radius 1 is 1.16 bits per heavy atom. The van der Waals surface area contributed by atoms with Gasteiger partial charge in [0.1, 0.15) is 0 Å². The minimum atomic E-state index is -0.467. The van der Waals surface area contributed by atoms with Crippen molar-refractivity contribution >= 4 is 29.8 Å². The third-order valence-electron chi connectivity index (χ3n) is 7.69. The molecule has 2 unspecified atom stereocenters. The summed E-state index contributed by atoms with van der Waals surface area (Å²) >= 11 is 0. The van der Waals surface area contributed by atoms with Gasteiger partial charge in [-0.05, 0) is 55.7 Å². The first-order chi connectivity index (χ1) is 18.2. The van der Waals surface area contributed by atoms with Crippen molar-refractivity contribution in [3.05, 3.63) is 71.1 Å². The molecule has 10 nitrogen and oxygen atoms in total. The van der Waals surface area contributed by atoms with Crippen molar-refractivity contribution in [1.29, 1.82) is 5.41 Å². The molecule has 38 heavy (non-hydrogen) atoms. The van der Waals surface area contributed by atoms with Gasteiger partial charge in [-0.1, -0.05) is 6.08 Å². The number of amides is 2. The summed E-state index contributed by atoms with van der Waals surface area (Å²) < 4.78 is 10.8. The molecule has 0 saturated carbocycles. The highest BCUT2D eigenvalue weighted by molar-refractivity contribution is 6.00. The number of likely N-dealkylation sites (tertiary alicyclic amines) is 2. The maximum absolute atomic E-state index is 13.6. The van der Waals surface area contributed by atoms with Gasteiger partial charge < -0.3 is 25.0 Å². The Bertz CT molecular complexity index is 1220. The van der Waals surface area contributed by atoms with Crippen LogP contribution in [0.15, 0.2) is 60.0 Å². The average molecular weight is 521 g/mol. The van der Waals surface area contributed by atoms with Crippen molar-refractivity contribution in [2.24, 2.45) is 17.1 Å². The van der Waals surface area contributed by atoms with Crippen LogP contribution in [-0.2, 0) is 14.3 Å². The second-order valence-electron chi connectivity index (χ2n) is 9.91. The van der Waals surface area contributed by atoms with Crippen LogP contribution in [-0.4, -0.2) is 72.5 Å². The quantitative estimate of drug-likeness (QED) is 0.291. The fourth-order valence-corrected chi connectivity index (χ4v) is 5.45. The second-order valence-corrected chi connectivity index (χ2v) is 9.91. The van der Waals surface area contributed by atoms with Crippen LogP contribution in [0.1, 0.15) is 42.1 Å². The molecule has 3 aliphatic rings. The molecule has 2 saturated heterocycles. The van der Waals surface area contributed by atoms with E-state index >= 15 is 0 Å². The highest BCUT2D eigenvalue weighted by atomic mass is 16.5. The number of benzene rings is 1. The lowest BCUT2D eigenvalue weighted by Crippen LogP contribution is -2.46. The first kappa shape index (κ1) is 27.0. The van der Waals surface area contributed by atoms with Crippen molar-refractivity contribution in [2.75, 3.05) is 26.7 Å². The molecule has 2 atom stereocenters. The van der Waals surface area contributed by atoms with Crippen molar-refractivity contribution in [2.45, 2.75) is 32.3 Å². The molecule has 2 heterocycles. The van der Waals surface area contributed by atoms with Crippen LogP contribution in [0.3, 0.4) is 0 Å². The Morgan fingerprint density at radius 2 is 1.79 bits per heavy atom. The number of carbonyl (C=O) groups excluding carboxylic acids is 2. The highest BCUT2D eigenvalue weighted by Crippen LogP contribution is 2.44. The van der Waals surface area contributed by atoms with E-state index < -0.39 is 5.41 Å². The van der Waals surface area contributed by atoms with Gasteiger partial charge in [0.15, 0.2) is 6.21 Å². The third-order valence-corrected chi connectivity index (χ3v) is 7.69.